The molecule has 0 aliphatic heterocycles. The summed E-state index contributed by atoms with van der Waals surface area (Å²) in [5.74, 6) is 2.13. The summed E-state index contributed by atoms with van der Waals surface area (Å²) in [7, 11) is 1.73. The standard InChI is InChI=1S/C23H29N5O3.HI/c1-4-20-19(21(5-2)31-28-20)15-27-23(24-3)26-13-16-8-6-9-17(12-16)22(29)25-14-18-10-7-11-30-18;/h6-12H,4-5,13-15H2,1-3H3,(H,25,29)(H2,24,26,27);1H. The molecule has 0 saturated carbocycles. The summed E-state index contributed by atoms with van der Waals surface area (Å²) in [6, 6.07) is 11.1. The normalized spacial score (nSPS) is 11.0. The summed E-state index contributed by atoms with van der Waals surface area (Å²) >= 11 is 0. The van der Waals surface area contributed by atoms with Gasteiger partial charge in [-0.1, -0.05) is 31.1 Å². The number of nitrogens with one attached hydrogen (secondary N) is 3. The van der Waals surface area contributed by atoms with Crippen LogP contribution < -0.4 is 16.0 Å². The van der Waals surface area contributed by atoms with Gasteiger partial charge in [0.1, 0.15) is 11.5 Å². The lowest BCUT2D eigenvalue weighted by atomic mass is 10.1. The van der Waals surface area contributed by atoms with Gasteiger partial charge in [0.05, 0.1) is 18.5 Å². The second-order valence-electron chi connectivity index (χ2n) is 6.98. The number of halogens is 1. The van der Waals surface area contributed by atoms with E-state index < -0.39 is 0 Å². The minimum absolute atomic E-state index is 0. The number of aromatic nitrogens is 1. The first-order chi connectivity index (χ1) is 15.1. The molecular weight excluding hydrogens is 521 g/mol. The molecule has 2 aromatic heterocycles. The fourth-order valence-corrected chi connectivity index (χ4v) is 3.22. The Labute approximate surface area is 205 Å². The Balaban J connectivity index is 0.00000363. The Kier molecular flexibility index (Phi) is 10.3. The second kappa shape index (κ2) is 12.9. The number of amides is 1. The fourth-order valence-electron chi connectivity index (χ4n) is 3.22. The molecule has 3 N–H and O–H groups in total. The molecule has 1 amide bonds. The van der Waals surface area contributed by atoms with Gasteiger partial charge in [-0.3, -0.25) is 9.79 Å². The highest BCUT2D eigenvalue weighted by atomic mass is 127. The lowest BCUT2D eigenvalue weighted by molar-refractivity contribution is 0.0948. The molecule has 0 aliphatic rings. The molecule has 32 heavy (non-hydrogen) atoms. The molecule has 1 aromatic carbocycles. The van der Waals surface area contributed by atoms with Gasteiger partial charge in [0.2, 0.25) is 0 Å². The molecular formula is C23H30IN5O3. The van der Waals surface area contributed by atoms with Crippen LogP contribution in [-0.2, 0) is 32.5 Å². The topological polar surface area (TPSA) is 105 Å². The van der Waals surface area contributed by atoms with Crippen molar-refractivity contribution >= 4 is 35.8 Å². The highest BCUT2D eigenvalue weighted by Gasteiger charge is 2.14. The molecule has 0 unspecified atom stereocenters. The monoisotopic (exact) mass is 551 g/mol. The van der Waals surface area contributed by atoms with E-state index in [2.05, 4.69) is 33.0 Å². The molecule has 0 atom stereocenters. The molecule has 8 nitrogen and oxygen atoms in total. The quantitative estimate of drug-likeness (QED) is 0.212. The van der Waals surface area contributed by atoms with Gasteiger partial charge in [0, 0.05) is 37.7 Å². The van der Waals surface area contributed by atoms with Gasteiger partial charge in [-0.2, -0.15) is 0 Å². The van der Waals surface area contributed by atoms with E-state index in [-0.39, 0.29) is 29.9 Å². The predicted octanol–water partition coefficient (Wildman–Crippen LogP) is 3.81. The number of hydrogen-bond donors (Lipinski definition) is 3. The molecule has 0 radical (unpaired) electrons. The molecule has 9 heteroatoms. The van der Waals surface area contributed by atoms with Gasteiger partial charge in [-0.05, 0) is 36.2 Å². The third-order valence-electron chi connectivity index (χ3n) is 4.92. The second-order valence-corrected chi connectivity index (χ2v) is 6.98. The third kappa shape index (κ3) is 6.84. The minimum Gasteiger partial charge on any atom is -0.467 e. The molecule has 0 saturated heterocycles. The van der Waals surface area contributed by atoms with Crippen molar-refractivity contribution < 1.29 is 13.7 Å². The van der Waals surface area contributed by atoms with Crippen molar-refractivity contribution in [2.75, 3.05) is 7.05 Å². The smallest absolute Gasteiger partial charge is 0.251 e. The van der Waals surface area contributed by atoms with Crippen LogP contribution >= 0.6 is 24.0 Å². The van der Waals surface area contributed by atoms with E-state index in [4.69, 9.17) is 8.94 Å². The number of carbonyl (C=O) groups excluding carboxylic acids is 1. The van der Waals surface area contributed by atoms with Crippen LogP contribution in [0.5, 0.6) is 0 Å². The lowest BCUT2D eigenvalue weighted by Crippen LogP contribution is -2.36. The van der Waals surface area contributed by atoms with Crippen LogP contribution in [0.4, 0.5) is 0 Å². The van der Waals surface area contributed by atoms with Crippen LogP contribution in [0.3, 0.4) is 0 Å². The molecule has 172 valence electrons. The van der Waals surface area contributed by atoms with Crippen molar-refractivity contribution in [2.45, 2.75) is 46.3 Å². The number of hydrogen-bond acceptors (Lipinski definition) is 5. The van der Waals surface area contributed by atoms with Crippen molar-refractivity contribution in [1.29, 1.82) is 0 Å². The Bertz CT molecular complexity index is 993. The van der Waals surface area contributed by atoms with Crippen LogP contribution in [0.25, 0.3) is 0 Å². The summed E-state index contributed by atoms with van der Waals surface area (Å²) in [5, 5.41) is 13.6. The number of furan rings is 1. The fraction of sp³-hybridized carbons (Fsp3) is 0.348. The number of nitrogens with zero attached hydrogens (tertiary/aromatic N) is 2. The maximum Gasteiger partial charge on any atom is 0.251 e. The predicted molar refractivity (Wildman–Crippen MR) is 134 cm³/mol. The van der Waals surface area contributed by atoms with Crippen LogP contribution in [0.2, 0.25) is 0 Å². The van der Waals surface area contributed by atoms with Crippen LogP contribution in [0.15, 0.2) is 56.6 Å². The molecule has 0 spiro atoms. The summed E-state index contributed by atoms with van der Waals surface area (Å²) in [6.07, 6.45) is 3.20. The van der Waals surface area contributed by atoms with E-state index >= 15 is 0 Å². The zero-order valence-electron chi connectivity index (χ0n) is 18.6. The number of aliphatic imine (C=N–C) groups is 1. The van der Waals surface area contributed by atoms with E-state index in [9.17, 15) is 4.79 Å². The van der Waals surface area contributed by atoms with Crippen molar-refractivity contribution in [1.82, 2.24) is 21.1 Å². The van der Waals surface area contributed by atoms with Crippen LogP contribution in [0, 0.1) is 0 Å². The van der Waals surface area contributed by atoms with Gasteiger partial charge >= 0.3 is 0 Å². The van der Waals surface area contributed by atoms with Gasteiger partial charge in [-0.25, -0.2) is 0 Å². The number of aryl methyl sites for hydroxylation is 2. The van der Waals surface area contributed by atoms with Gasteiger partial charge in [0.15, 0.2) is 5.96 Å². The molecule has 0 bridgehead atoms. The zero-order valence-corrected chi connectivity index (χ0v) is 20.9. The first-order valence-electron chi connectivity index (χ1n) is 10.4. The van der Waals surface area contributed by atoms with Crippen molar-refractivity contribution in [2.24, 2.45) is 4.99 Å². The SMILES string of the molecule is CCc1noc(CC)c1CNC(=NC)NCc1cccc(C(=O)NCc2ccco2)c1.I. The van der Waals surface area contributed by atoms with E-state index in [1.807, 2.05) is 31.2 Å². The van der Waals surface area contributed by atoms with E-state index in [1.165, 1.54) is 0 Å². The largest absolute Gasteiger partial charge is 0.467 e. The minimum atomic E-state index is -0.146. The van der Waals surface area contributed by atoms with E-state index in [0.717, 1.165) is 35.4 Å². The first kappa shape index (κ1) is 25.4. The Morgan fingerprint density at radius 1 is 1.03 bits per heavy atom. The highest BCUT2D eigenvalue weighted by molar-refractivity contribution is 14.0. The maximum absolute atomic E-state index is 12.4. The molecule has 3 rings (SSSR count). The van der Waals surface area contributed by atoms with Gasteiger partial charge in [0.25, 0.3) is 5.91 Å². The van der Waals surface area contributed by atoms with Gasteiger partial charge < -0.3 is 24.9 Å². The van der Waals surface area contributed by atoms with E-state index in [1.54, 1.807) is 25.4 Å². The van der Waals surface area contributed by atoms with Crippen molar-refractivity contribution in [3.63, 3.8) is 0 Å². The summed E-state index contributed by atoms with van der Waals surface area (Å²) in [4.78, 5) is 16.7. The van der Waals surface area contributed by atoms with Gasteiger partial charge in [-0.15, -0.1) is 24.0 Å². The highest BCUT2D eigenvalue weighted by Crippen LogP contribution is 2.15. The Morgan fingerprint density at radius 3 is 2.53 bits per heavy atom. The molecule has 0 fully saturated rings. The van der Waals surface area contributed by atoms with Crippen LogP contribution in [-0.4, -0.2) is 24.1 Å². The number of benzene rings is 1. The lowest BCUT2D eigenvalue weighted by Gasteiger charge is -2.13. The number of carbonyl (C=O) groups is 1. The maximum atomic E-state index is 12.4. The first-order valence-corrected chi connectivity index (χ1v) is 10.4. The molecule has 3 aromatic rings. The average molecular weight is 551 g/mol. The number of rotatable bonds is 9. The molecule has 0 aliphatic carbocycles. The Morgan fingerprint density at radius 2 is 1.84 bits per heavy atom. The number of guanidine groups is 1. The zero-order chi connectivity index (χ0) is 22.1. The third-order valence-corrected chi connectivity index (χ3v) is 4.92. The summed E-state index contributed by atoms with van der Waals surface area (Å²) < 4.78 is 10.7. The summed E-state index contributed by atoms with van der Waals surface area (Å²) in [6.45, 7) is 5.59. The van der Waals surface area contributed by atoms with E-state index in [0.29, 0.717) is 36.9 Å². The average Bonchev–Trinajstić information content (AvgIpc) is 3.47. The van der Waals surface area contributed by atoms with Crippen molar-refractivity contribution in [3.8, 4) is 0 Å². The summed E-state index contributed by atoms with van der Waals surface area (Å²) in [5.41, 5.74) is 3.62. The molecule has 2 heterocycles. The van der Waals surface area contributed by atoms with Crippen LogP contribution in [0.1, 0.15) is 52.5 Å². The van der Waals surface area contributed by atoms with Crippen molar-refractivity contribution in [3.05, 3.63) is 76.6 Å². The Hall–Kier alpha value is -2.82.